The summed E-state index contributed by atoms with van der Waals surface area (Å²) in [6.45, 7) is 5.55. The van der Waals surface area contributed by atoms with Gasteiger partial charge in [0.1, 0.15) is 5.75 Å². The predicted octanol–water partition coefficient (Wildman–Crippen LogP) is 4.18. The van der Waals surface area contributed by atoms with Crippen LogP contribution in [-0.2, 0) is 11.2 Å². The average Bonchev–Trinajstić information content (AvgIpc) is 2.67. The fraction of sp³-hybridized carbons (Fsp3) is 0.333. The third-order valence-electron chi connectivity index (χ3n) is 3.79. The number of aryl methyl sites for hydroxylation is 1. The van der Waals surface area contributed by atoms with E-state index in [2.05, 4.69) is 22.8 Å². The van der Waals surface area contributed by atoms with Gasteiger partial charge in [-0.1, -0.05) is 18.2 Å². The number of ether oxygens (including phenoxy) is 2. The van der Waals surface area contributed by atoms with Crippen molar-refractivity contribution in [2.75, 3.05) is 25.1 Å². The van der Waals surface area contributed by atoms with Crippen LogP contribution in [0.4, 0.5) is 5.69 Å². The van der Waals surface area contributed by atoms with Crippen molar-refractivity contribution in [3.63, 3.8) is 0 Å². The van der Waals surface area contributed by atoms with Gasteiger partial charge in [-0.3, -0.25) is 0 Å². The van der Waals surface area contributed by atoms with Crippen LogP contribution in [0.5, 0.6) is 5.75 Å². The summed E-state index contributed by atoms with van der Waals surface area (Å²) in [7, 11) is 0. The zero-order valence-corrected chi connectivity index (χ0v) is 16.6. The molecule has 0 saturated heterocycles. The number of anilines is 1. The quantitative estimate of drug-likeness (QED) is 0.383. The highest BCUT2D eigenvalue weighted by Gasteiger charge is 2.07. The first kappa shape index (κ1) is 20.7. The molecule has 0 fully saturated rings. The Morgan fingerprint density at radius 2 is 1.85 bits per heavy atom. The molecule has 5 nitrogen and oxygen atoms in total. The Bertz CT molecular complexity index is 747. The minimum atomic E-state index is -0.338. The molecule has 2 aromatic rings. The molecule has 27 heavy (non-hydrogen) atoms. The fourth-order valence-corrected chi connectivity index (χ4v) is 2.75. The second kappa shape index (κ2) is 11.2. The van der Waals surface area contributed by atoms with Gasteiger partial charge in [-0.25, -0.2) is 4.79 Å². The lowest BCUT2D eigenvalue weighted by molar-refractivity contribution is 0.0526. The van der Waals surface area contributed by atoms with Crippen molar-refractivity contribution >= 4 is 29.0 Å². The first-order valence-electron chi connectivity index (χ1n) is 9.16. The summed E-state index contributed by atoms with van der Waals surface area (Å²) in [5, 5.41) is 6.81. The molecule has 2 rings (SSSR count). The molecule has 6 heteroatoms. The van der Waals surface area contributed by atoms with Crippen LogP contribution in [0.15, 0.2) is 48.5 Å². The van der Waals surface area contributed by atoms with Crippen LogP contribution in [0.25, 0.3) is 0 Å². The van der Waals surface area contributed by atoms with Gasteiger partial charge in [0, 0.05) is 12.2 Å². The highest BCUT2D eigenvalue weighted by Crippen LogP contribution is 2.13. The standard InChI is InChI=1S/C21H26N2O3S/c1-3-25-19-12-10-16(11-13-19)7-6-14-22-21(27)23-18-9-5-8-17(15-18)20(24)26-4-2/h5,8-13,15H,3-4,6-7,14H2,1-2H3,(H2,22,23,27). The van der Waals surface area contributed by atoms with Crippen LogP contribution in [-0.4, -0.2) is 30.8 Å². The SMILES string of the molecule is CCOC(=O)c1cccc(NC(=S)NCCCc2ccc(OCC)cc2)c1. The Hall–Kier alpha value is -2.60. The third-order valence-corrected chi connectivity index (χ3v) is 4.04. The second-order valence-corrected chi connectivity index (χ2v) is 6.27. The maximum Gasteiger partial charge on any atom is 0.338 e. The summed E-state index contributed by atoms with van der Waals surface area (Å²) in [6, 6.07) is 15.3. The summed E-state index contributed by atoms with van der Waals surface area (Å²) < 4.78 is 10.5. The van der Waals surface area contributed by atoms with Crippen molar-refractivity contribution in [3.8, 4) is 5.75 Å². The molecule has 0 aromatic heterocycles. The number of hydrogen-bond acceptors (Lipinski definition) is 4. The number of hydrogen-bond donors (Lipinski definition) is 2. The van der Waals surface area contributed by atoms with E-state index in [0.717, 1.165) is 30.8 Å². The number of carbonyl (C=O) groups is 1. The monoisotopic (exact) mass is 386 g/mol. The van der Waals surface area contributed by atoms with Crippen LogP contribution >= 0.6 is 12.2 Å². The molecule has 0 aliphatic rings. The second-order valence-electron chi connectivity index (χ2n) is 5.86. The van der Waals surface area contributed by atoms with Gasteiger partial charge in [-0.2, -0.15) is 0 Å². The smallest absolute Gasteiger partial charge is 0.338 e. The first-order chi connectivity index (χ1) is 13.1. The summed E-state index contributed by atoms with van der Waals surface area (Å²) in [5.74, 6) is 0.560. The molecule has 0 unspecified atom stereocenters. The summed E-state index contributed by atoms with van der Waals surface area (Å²) in [4.78, 5) is 11.8. The number of esters is 1. The van der Waals surface area contributed by atoms with E-state index in [0.29, 0.717) is 23.9 Å². The van der Waals surface area contributed by atoms with E-state index in [1.165, 1.54) is 5.56 Å². The van der Waals surface area contributed by atoms with E-state index >= 15 is 0 Å². The molecule has 0 bridgehead atoms. The number of carbonyl (C=O) groups excluding carboxylic acids is 1. The highest BCUT2D eigenvalue weighted by molar-refractivity contribution is 7.80. The van der Waals surface area contributed by atoms with Gasteiger partial charge in [0.25, 0.3) is 0 Å². The number of thiocarbonyl (C=S) groups is 1. The van der Waals surface area contributed by atoms with E-state index in [4.69, 9.17) is 21.7 Å². The molecular formula is C21H26N2O3S. The first-order valence-corrected chi connectivity index (χ1v) is 9.57. The number of benzene rings is 2. The van der Waals surface area contributed by atoms with Crippen molar-refractivity contribution in [2.24, 2.45) is 0 Å². The molecule has 2 N–H and O–H groups in total. The van der Waals surface area contributed by atoms with Gasteiger partial charge in [0.15, 0.2) is 5.11 Å². The van der Waals surface area contributed by atoms with Crippen molar-refractivity contribution in [1.29, 1.82) is 0 Å². The number of rotatable bonds is 9. The molecule has 0 amide bonds. The zero-order valence-electron chi connectivity index (χ0n) is 15.8. The van der Waals surface area contributed by atoms with E-state index in [1.807, 2.05) is 25.1 Å². The van der Waals surface area contributed by atoms with E-state index in [9.17, 15) is 4.79 Å². The molecule has 2 aromatic carbocycles. The largest absolute Gasteiger partial charge is 0.494 e. The Morgan fingerprint density at radius 1 is 1.07 bits per heavy atom. The highest BCUT2D eigenvalue weighted by atomic mass is 32.1. The summed E-state index contributed by atoms with van der Waals surface area (Å²) in [6.07, 6.45) is 1.92. The predicted molar refractivity (Wildman–Crippen MR) is 113 cm³/mol. The molecule has 0 aliphatic carbocycles. The van der Waals surface area contributed by atoms with Gasteiger partial charge in [0.2, 0.25) is 0 Å². The normalized spacial score (nSPS) is 10.1. The van der Waals surface area contributed by atoms with Gasteiger partial charge in [-0.15, -0.1) is 0 Å². The fourth-order valence-electron chi connectivity index (χ4n) is 2.53. The van der Waals surface area contributed by atoms with E-state index < -0.39 is 0 Å². The zero-order chi connectivity index (χ0) is 19.5. The Balaban J connectivity index is 1.73. The van der Waals surface area contributed by atoms with Crippen LogP contribution in [0, 0.1) is 0 Å². The Kier molecular flexibility index (Phi) is 8.58. The molecule has 0 saturated carbocycles. The maximum atomic E-state index is 11.8. The van der Waals surface area contributed by atoms with Gasteiger partial charge in [-0.05, 0) is 74.8 Å². The summed E-state index contributed by atoms with van der Waals surface area (Å²) >= 11 is 5.32. The van der Waals surface area contributed by atoms with E-state index in [1.54, 1.807) is 25.1 Å². The van der Waals surface area contributed by atoms with Gasteiger partial charge < -0.3 is 20.1 Å². The molecule has 0 radical (unpaired) electrons. The van der Waals surface area contributed by atoms with Crippen molar-refractivity contribution < 1.29 is 14.3 Å². The molecule has 0 heterocycles. The topological polar surface area (TPSA) is 59.6 Å². The summed E-state index contributed by atoms with van der Waals surface area (Å²) in [5.41, 5.74) is 2.52. The molecule has 144 valence electrons. The lowest BCUT2D eigenvalue weighted by atomic mass is 10.1. The van der Waals surface area contributed by atoms with Crippen LogP contribution in [0.1, 0.15) is 36.2 Å². The number of nitrogens with one attached hydrogen (secondary N) is 2. The Morgan fingerprint density at radius 3 is 2.56 bits per heavy atom. The van der Waals surface area contributed by atoms with Crippen LogP contribution in [0.2, 0.25) is 0 Å². The maximum absolute atomic E-state index is 11.8. The lowest BCUT2D eigenvalue weighted by Gasteiger charge is -2.11. The van der Waals surface area contributed by atoms with Crippen LogP contribution in [0.3, 0.4) is 0 Å². The molecule has 0 spiro atoms. The minimum Gasteiger partial charge on any atom is -0.494 e. The van der Waals surface area contributed by atoms with Crippen molar-refractivity contribution in [2.45, 2.75) is 26.7 Å². The molecule has 0 aliphatic heterocycles. The van der Waals surface area contributed by atoms with E-state index in [-0.39, 0.29) is 5.97 Å². The third kappa shape index (κ3) is 7.27. The molecule has 0 atom stereocenters. The van der Waals surface area contributed by atoms with Crippen molar-refractivity contribution in [1.82, 2.24) is 5.32 Å². The molecular weight excluding hydrogens is 360 g/mol. The Labute approximate surface area is 166 Å². The van der Waals surface area contributed by atoms with Crippen LogP contribution < -0.4 is 15.4 Å². The van der Waals surface area contributed by atoms with Gasteiger partial charge >= 0.3 is 5.97 Å². The van der Waals surface area contributed by atoms with Crippen molar-refractivity contribution in [3.05, 3.63) is 59.7 Å². The van der Waals surface area contributed by atoms with Gasteiger partial charge in [0.05, 0.1) is 18.8 Å². The average molecular weight is 387 g/mol. The lowest BCUT2D eigenvalue weighted by Crippen LogP contribution is -2.29. The minimum absolute atomic E-state index is 0.338.